The Morgan fingerprint density at radius 2 is 1.96 bits per heavy atom. The predicted octanol–water partition coefficient (Wildman–Crippen LogP) is 2.21. The molecule has 2 aromatic rings. The zero-order chi connectivity index (χ0) is 19.2. The highest BCUT2D eigenvalue weighted by atomic mass is 32.2. The number of rotatable bonds is 7. The summed E-state index contributed by atoms with van der Waals surface area (Å²) in [7, 11) is -3.99. The first-order valence-corrected chi connectivity index (χ1v) is 8.42. The molecule has 2 rings (SSSR count). The molecule has 0 aliphatic carbocycles. The fourth-order valence-corrected chi connectivity index (χ4v) is 2.85. The lowest BCUT2D eigenvalue weighted by Crippen LogP contribution is -2.15. The summed E-state index contributed by atoms with van der Waals surface area (Å²) in [5, 5.41) is 8.40. The van der Waals surface area contributed by atoms with Gasteiger partial charge in [0, 0.05) is 23.4 Å². The molecule has 7 nitrogen and oxygen atoms in total. The summed E-state index contributed by atoms with van der Waals surface area (Å²) in [5.41, 5.74) is 1.76. The van der Waals surface area contributed by atoms with Crippen molar-refractivity contribution in [1.82, 2.24) is 5.48 Å². The van der Waals surface area contributed by atoms with E-state index in [9.17, 15) is 22.0 Å². The van der Waals surface area contributed by atoms with Gasteiger partial charge in [-0.15, -0.1) is 0 Å². The molecule has 1 amide bonds. The fourth-order valence-electron chi connectivity index (χ4n) is 1.79. The van der Waals surface area contributed by atoms with E-state index in [0.717, 1.165) is 6.08 Å². The third-order valence-corrected chi connectivity index (χ3v) is 4.26. The second kappa shape index (κ2) is 8.28. The van der Waals surface area contributed by atoms with E-state index in [-0.39, 0.29) is 21.9 Å². The van der Waals surface area contributed by atoms with E-state index in [4.69, 9.17) is 5.21 Å². The predicted molar refractivity (Wildman–Crippen MR) is 87.0 cm³/mol. The van der Waals surface area contributed by atoms with Gasteiger partial charge in [0.25, 0.3) is 15.9 Å². The van der Waals surface area contributed by atoms with Gasteiger partial charge in [0.15, 0.2) is 0 Å². The van der Waals surface area contributed by atoms with Gasteiger partial charge >= 0.3 is 6.61 Å². The van der Waals surface area contributed by atoms with Gasteiger partial charge in [-0.3, -0.25) is 14.7 Å². The summed E-state index contributed by atoms with van der Waals surface area (Å²) in [6.07, 6.45) is 2.21. The SMILES string of the molecule is O=C(/C=C/c1c#ccc(S(=O)(=O)Nc2ccc(OC(F)F)cc2)c1)NO. The number of alkyl halides is 2. The molecule has 0 spiro atoms. The quantitative estimate of drug-likeness (QED) is 0.387. The van der Waals surface area contributed by atoms with E-state index in [2.05, 4.69) is 21.6 Å². The number of anilines is 1. The van der Waals surface area contributed by atoms with Crippen molar-refractivity contribution < 1.29 is 31.9 Å². The third kappa shape index (κ3) is 5.44. The molecule has 0 atom stereocenters. The van der Waals surface area contributed by atoms with Crippen LogP contribution in [0.15, 0.2) is 47.4 Å². The number of amides is 1. The molecule has 0 unspecified atom stereocenters. The van der Waals surface area contributed by atoms with E-state index in [0.29, 0.717) is 0 Å². The maximum absolute atomic E-state index is 12.4. The molecule has 0 saturated heterocycles. The van der Waals surface area contributed by atoms with Crippen LogP contribution < -0.4 is 14.9 Å². The Morgan fingerprint density at radius 1 is 1.27 bits per heavy atom. The zero-order valence-electron chi connectivity index (χ0n) is 12.9. The number of sulfonamides is 1. The van der Waals surface area contributed by atoms with Crippen molar-refractivity contribution in [3.05, 3.63) is 60.2 Å². The first-order valence-electron chi connectivity index (χ1n) is 6.93. The summed E-state index contributed by atoms with van der Waals surface area (Å²) in [5.74, 6) is -0.906. The van der Waals surface area contributed by atoms with Crippen LogP contribution in [0.25, 0.3) is 6.08 Å². The van der Waals surface area contributed by atoms with Crippen molar-refractivity contribution in [3.8, 4) is 5.75 Å². The maximum Gasteiger partial charge on any atom is 0.387 e. The average Bonchev–Trinajstić information content (AvgIpc) is 2.61. The van der Waals surface area contributed by atoms with Gasteiger partial charge in [0.2, 0.25) is 0 Å². The van der Waals surface area contributed by atoms with Gasteiger partial charge in [0.1, 0.15) is 5.75 Å². The van der Waals surface area contributed by atoms with Gasteiger partial charge in [0.05, 0.1) is 4.90 Å². The highest BCUT2D eigenvalue weighted by molar-refractivity contribution is 7.92. The lowest BCUT2D eigenvalue weighted by Gasteiger charge is -2.09. The number of carbonyl (C=O) groups is 1. The van der Waals surface area contributed by atoms with Gasteiger partial charge in [-0.1, -0.05) is 12.1 Å². The molecule has 2 aromatic carbocycles. The van der Waals surface area contributed by atoms with Crippen LogP contribution in [-0.2, 0) is 14.8 Å². The lowest BCUT2D eigenvalue weighted by molar-refractivity contribution is -0.124. The van der Waals surface area contributed by atoms with E-state index in [1.54, 1.807) is 0 Å². The number of hydrogen-bond acceptors (Lipinski definition) is 5. The topological polar surface area (TPSA) is 105 Å². The van der Waals surface area contributed by atoms with Crippen LogP contribution in [-0.4, -0.2) is 26.1 Å². The van der Waals surface area contributed by atoms with Crippen LogP contribution in [0.3, 0.4) is 0 Å². The number of halogens is 2. The van der Waals surface area contributed by atoms with Crippen molar-refractivity contribution in [2.24, 2.45) is 0 Å². The maximum atomic E-state index is 12.4. The Bertz CT molecular complexity index is 899. The molecule has 26 heavy (non-hydrogen) atoms. The van der Waals surface area contributed by atoms with Crippen molar-refractivity contribution in [3.63, 3.8) is 0 Å². The Kier molecular flexibility index (Phi) is 6.11. The second-order valence-electron chi connectivity index (χ2n) is 4.73. The molecule has 3 N–H and O–H groups in total. The molecular weight excluding hydrogens is 370 g/mol. The number of nitrogens with one attached hydrogen (secondary N) is 2. The Balaban J connectivity index is 2.17. The van der Waals surface area contributed by atoms with E-state index < -0.39 is 22.5 Å². The minimum absolute atomic E-state index is 0.111. The van der Waals surface area contributed by atoms with Gasteiger partial charge in [-0.25, -0.2) is 13.9 Å². The van der Waals surface area contributed by atoms with Crippen LogP contribution in [0.2, 0.25) is 0 Å². The standard InChI is InChI=1S/C16H12F2N2O5S/c17-16(18)25-13-7-5-12(6-8-13)20-26(23,24)14-3-1-2-11(10-14)4-9-15(21)19-22/h3-10,16,20,22H,(H,19,21)/b9-4+. The molecule has 0 radical (unpaired) electrons. The van der Waals surface area contributed by atoms with Crippen LogP contribution in [0.5, 0.6) is 5.75 Å². The van der Waals surface area contributed by atoms with Crippen LogP contribution in [0.1, 0.15) is 5.56 Å². The first-order chi connectivity index (χ1) is 12.3. The average molecular weight is 382 g/mol. The highest BCUT2D eigenvalue weighted by Crippen LogP contribution is 2.20. The monoisotopic (exact) mass is 382 g/mol. The molecular formula is C16H12F2N2O5S. The molecule has 0 aliphatic rings. The second-order valence-corrected chi connectivity index (χ2v) is 6.42. The van der Waals surface area contributed by atoms with Crippen molar-refractivity contribution in [2.45, 2.75) is 11.5 Å². The largest absolute Gasteiger partial charge is 0.435 e. The van der Waals surface area contributed by atoms with E-state index >= 15 is 0 Å². The zero-order valence-corrected chi connectivity index (χ0v) is 13.8. The molecule has 0 fully saturated rings. The summed E-state index contributed by atoms with van der Waals surface area (Å²) < 4.78 is 55.4. The van der Waals surface area contributed by atoms with Crippen molar-refractivity contribution >= 4 is 27.7 Å². The summed E-state index contributed by atoms with van der Waals surface area (Å²) in [6.45, 7) is -2.98. The number of hydrogen-bond donors (Lipinski definition) is 3. The summed E-state index contributed by atoms with van der Waals surface area (Å²) >= 11 is 0. The first kappa shape index (κ1) is 19.2. The van der Waals surface area contributed by atoms with Crippen LogP contribution in [0, 0.1) is 12.1 Å². The molecule has 136 valence electrons. The van der Waals surface area contributed by atoms with Gasteiger partial charge in [-0.05, 0) is 36.4 Å². The Labute approximate surface area is 147 Å². The molecule has 0 aliphatic heterocycles. The minimum atomic E-state index is -3.99. The minimum Gasteiger partial charge on any atom is -0.435 e. The summed E-state index contributed by atoms with van der Waals surface area (Å²) in [6, 6.07) is 12.4. The lowest BCUT2D eigenvalue weighted by atomic mass is 10.2. The highest BCUT2D eigenvalue weighted by Gasteiger charge is 2.14. The summed E-state index contributed by atoms with van der Waals surface area (Å²) in [4.78, 5) is 10.8. The molecule has 0 bridgehead atoms. The number of hydroxylamine groups is 1. The van der Waals surface area contributed by atoms with Gasteiger partial charge < -0.3 is 4.74 Å². The van der Waals surface area contributed by atoms with Crippen LogP contribution >= 0.6 is 0 Å². The Hall–Kier alpha value is -3.16. The van der Waals surface area contributed by atoms with E-state index in [1.165, 1.54) is 48.0 Å². The Morgan fingerprint density at radius 3 is 2.58 bits per heavy atom. The van der Waals surface area contributed by atoms with Crippen molar-refractivity contribution in [2.75, 3.05) is 4.72 Å². The number of carbonyl (C=O) groups excluding carboxylic acids is 1. The smallest absolute Gasteiger partial charge is 0.387 e. The molecule has 0 heterocycles. The molecule has 10 heteroatoms. The number of benzene rings is 1. The third-order valence-electron chi connectivity index (χ3n) is 2.90. The molecule has 0 saturated carbocycles. The fraction of sp³-hybridized carbons (Fsp3) is 0.0625. The van der Waals surface area contributed by atoms with Crippen LogP contribution in [0.4, 0.5) is 14.5 Å². The number of ether oxygens (including phenoxy) is 1. The van der Waals surface area contributed by atoms with E-state index in [1.807, 2.05) is 0 Å². The molecule has 0 aromatic heterocycles. The normalized spacial score (nSPS) is 11.2. The van der Waals surface area contributed by atoms with Gasteiger partial charge in [-0.2, -0.15) is 8.78 Å². The van der Waals surface area contributed by atoms with Crippen molar-refractivity contribution in [1.29, 1.82) is 0 Å².